The van der Waals surface area contributed by atoms with Crippen molar-refractivity contribution in [3.8, 4) is 11.8 Å². The molecule has 0 unspecified atom stereocenters. The predicted octanol–water partition coefficient (Wildman–Crippen LogP) is 3.48. The van der Waals surface area contributed by atoms with Crippen molar-refractivity contribution in [2.75, 3.05) is 19.7 Å². The molecule has 1 aliphatic rings. The summed E-state index contributed by atoms with van der Waals surface area (Å²) in [6.45, 7) is 2.28. The second-order valence-corrected chi connectivity index (χ2v) is 7.25. The summed E-state index contributed by atoms with van der Waals surface area (Å²) in [5.74, 6) is -0.0601. The molecule has 0 saturated carbocycles. The fourth-order valence-corrected chi connectivity index (χ4v) is 3.51. The van der Waals surface area contributed by atoms with E-state index >= 15 is 0 Å². The Morgan fingerprint density at radius 3 is 2.83 bits per heavy atom. The highest BCUT2D eigenvalue weighted by molar-refractivity contribution is 6.31. The largest absolute Gasteiger partial charge is 0.371 e. The number of hydrogen-bond acceptors (Lipinski definition) is 5. The van der Waals surface area contributed by atoms with Gasteiger partial charge in [-0.3, -0.25) is 4.79 Å². The van der Waals surface area contributed by atoms with E-state index in [1.165, 1.54) is 0 Å². The van der Waals surface area contributed by atoms with Crippen LogP contribution in [0.4, 0.5) is 0 Å². The molecule has 1 aliphatic heterocycles. The highest BCUT2D eigenvalue weighted by atomic mass is 35.5. The Kier molecular flexibility index (Phi) is 5.72. The number of hydrogen-bond donors (Lipinski definition) is 1. The molecule has 1 N–H and O–H groups in total. The number of carbonyl (C=O) groups is 1. The zero-order valence-electron chi connectivity index (χ0n) is 15.6. The van der Waals surface area contributed by atoms with Gasteiger partial charge < -0.3 is 10.1 Å². The first-order chi connectivity index (χ1) is 14.1. The van der Waals surface area contributed by atoms with Gasteiger partial charge in [-0.05, 0) is 41.5 Å². The Morgan fingerprint density at radius 2 is 2.14 bits per heavy atom. The molecule has 1 atom stereocenters. The Labute approximate surface area is 173 Å². The van der Waals surface area contributed by atoms with E-state index in [9.17, 15) is 4.79 Å². The molecule has 3 aromatic rings. The number of benzene rings is 2. The molecule has 0 spiro atoms. The van der Waals surface area contributed by atoms with E-state index in [0.29, 0.717) is 22.8 Å². The molecular formula is C22H19ClN4O2. The van der Waals surface area contributed by atoms with Gasteiger partial charge in [0.1, 0.15) is 0 Å². The summed E-state index contributed by atoms with van der Waals surface area (Å²) in [6.07, 6.45) is 3.41. The molecule has 2 heterocycles. The van der Waals surface area contributed by atoms with Gasteiger partial charge in [0.05, 0.1) is 41.8 Å². The lowest BCUT2D eigenvalue weighted by molar-refractivity contribution is 0.0277. The van der Waals surface area contributed by atoms with Gasteiger partial charge in [-0.15, -0.1) is 0 Å². The Morgan fingerprint density at radius 1 is 1.31 bits per heavy atom. The molecule has 0 aliphatic carbocycles. The highest BCUT2D eigenvalue weighted by Crippen LogP contribution is 2.26. The maximum atomic E-state index is 12.7. The number of nitriles is 1. The first kappa shape index (κ1) is 19.3. The maximum absolute atomic E-state index is 12.7. The van der Waals surface area contributed by atoms with E-state index in [0.717, 1.165) is 29.9 Å². The van der Waals surface area contributed by atoms with Crippen LogP contribution in [0.1, 0.15) is 33.2 Å². The van der Waals surface area contributed by atoms with Crippen molar-refractivity contribution in [1.82, 2.24) is 15.1 Å². The summed E-state index contributed by atoms with van der Waals surface area (Å²) in [5.41, 5.74) is 3.65. The maximum Gasteiger partial charge on any atom is 0.170 e. The lowest BCUT2D eigenvalue weighted by Crippen LogP contribution is -2.33. The van der Waals surface area contributed by atoms with Crippen LogP contribution in [0.25, 0.3) is 5.69 Å². The zero-order chi connectivity index (χ0) is 20.2. The molecule has 6 nitrogen and oxygen atoms in total. The van der Waals surface area contributed by atoms with Crippen molar-refractivity contribution in [3.05, 3.63) is 82.1 Å². The minimum Gasteiger partial charge on any atom is -0.371 e. The topological polar surface area (TPSA) is 79.9 Å². The summed E-state index contributed by atoms with van der Waals surface area (Å²) in [6, 6.07) is 14.8. The van der Waals surface area contributed by atoms with E-state index < -0.39 is 0 Å². The third kappa shape index (κ3) is 4.38. The number of morpholine rings is 1. The van der Waals surface area contributed by atoms with E-state index in [4.69, 9.17) is 21.6 Å². The molecule has 0 bridgehead atoms. The van der Waals surface area contributed by atoms with Gasteiger partial charge in [-0.25, -0.2) is 4.68 Å². The second-order valence-electron chi connectivity index (χ2n) is 6.85. The fraction of sp³-hybridized carbons (Fsp3) is 0.227. The van der Waals surface area contributed by atoms with Gasteiger partial charge >= 0.3 is 0 Å². The quantitative estimate of drug-likeness (QED) is 0.656. The zero-order valence-corrected chi connectivity index (χ0v) is 16.4. The molecule has 0 radical (unpaired) electrons. The standard InChI is InChI=1S/C22H19ClN4O2/c23-20-9-17(22-13-25-7-8-29-22)4-3-16(20)10-21(28)18-12-26-27(14-18)19-5-1-15(11-24)2-6-19/h1-6,9,12,14,22,25H,7-8,10,13H2/t22-/m1/s1. The first-order valence-electron chi connectivity index (χ1n) is 9.33. The lowest BCUT2D eigenvalue weighted by Gasteiger charge is -2.24. The molecule has 0 amide bonds. The molecular weight excluding hydrogens is 388 g/mol. The average Bonchev–Trinajstić information content (AvgIpc) is 3.26. The van der Waals surface area contributed by atoms with Crippen LogP contribution in [0.3, 0.4) is 0 Å². The molecule has 1 fully saturated rings. The van der Waals surface area contributed by atoms with Crippen LogP contribution in [-0.2, 0) is 11.2 Å². The Bertz CT molecular complexity index is 1060. The van der Waals surface area contributed by atoms with E-state index in [1.54, 1.807) is 41.3 Å². The van der Waals surface area contributed by atoms with E-state index in [2.05, 4.69) is 16.5 Å². The number of nitrogens with zero attached hydrogens (tertiary/aromatic N) is 3. The predicted molar refractivity (Wildman–Crippen MR) is 109 cm³/mol. The van der Waals surface area contributed by atoms with Gasteiger partial charge in [0.25, 0.3) is 0 Å². The number of ether oxygens (including phenoxy) is 1. The Hall–Kier alpha value is -2.98. The number of ketones is 1. The minimum atomic E-state index is -0.0601. The van der Waals surface area contributed by atoms with E-state index in [1.807, 2.05) is 18.2 Å². The van der Waals surface area contributed by atoms with Crippen LogP contribution in [0.15, 0.2) is 54.9 Å². The molecule has 2 aromatic carbocycles. The molecule has 1 saturated heterocycles. The van der Waals surface area contributed by atoms with Crippen molar-refractivity contribution < 1.29 is 9.53 Å². The molecule has 146 valence electrons. The van der Waals surface area contributed by atoms with E-state index in [-0.39, 0.29) is 18.3 Å². The van der Waals surface area contributed by atoms with Gasteiger partial charge in [0.15, 0.2) is 5.78 Å². The van der Waals surface area contributed by atoms with Crippen molar-refractivity contribution in [2.45, 2.75) is 12.5 Å². The normalized spacial score (nSPS) is 16.3. The fourth-order valence-electron chi connectivity index (χ4n) is 3.26. The number of rotatable bonds is 5. The SMILES string of the molecule is N#Cc1ccc(-n2cc(C(=O)Cc3ccc([C@H]4CNCCO4)cc3Cl)cn2)cc1. The van der Waals surface area contributed by atoms with Gasteiger partial charge in [0, 0.05) is 30.7 Å². The average molecular weight is 407 g/mol. The number of carbonyl (C=O) groups excluding carboxylic acids is 1. The summed E-state index contributed by atoms with van der Waals surface area (Å²) < 4.78 is 7.37. The Balaban J connectivity index is 1.46. The molecule has 7 heteroatoms. The van der Waals surface area contributed by atoms with Crippen LogP contribution < -0.4 is 5.32 Å². The van der Waals surface area contributed by atoms with Gasteiger partial charge in [-0.1, -0.05) is 23.7 Å². The number of aromatic nitrogens is 2. The second kappa shape index (κ2) is 8.58. The number of nitrogens with one attached hydrogen (secondary N) is 1. The third-order valence-corrected chi connectivity index (χ3v) is 5.24. The highest BCUT2D eigenvalue weighted by Gasteiger charge is 2.18. The molecule has 29 heavy (non-hydrogen) atoms. The lowest BCUT2D eigenvalue weighted by atomic mass is 10.0. The summed E-state index contributed by atoms with van der Waals surface area (Å²) in [5, 5.41) is 17.0. The summed E-state index contributed by atoms with van der Waals surface area (Å²) >= 11 is 6.43. The third-order valence-electron chi connectivity index (χ3n) is 4.89. The van der Waals surface area contributed by atoms with Crippen LogP contribution in [0, 0.1) is 11.3 Å². The van der Waals surface area contributed by atoms with Crippen molar-refractivity contribution in [2.24, 2.45) is 0 Å². The number of Topliss-reactive ketones (excluding diaryl/α,β-unsaturated/α-hetero) is 1. The summed E-state index contributed by atoms with van der Waals surface area (Å²) in [7, 11) is 0. The number of halogens is 1. The smallest absolute Gasteiger partial charge is 0.170 e. The minimum absolute atomic E-state index is 0.0170. The monoisotopic (exact) mass is 406 g/mol. The van der Waals surface area contributed by atoms with Crippen LogP contribution in [0.5, 0.6) is 0 Å². The van der Waals surface area contributed by atoms with Gasteiger partial charge in [-0.2, -0.15) is 10.4 Å². The van der Waals surface area contributed by atoms with Crippen LogP contribution in [-0.4, -0.2) is 35.3 Å². The summed E-state index contributed by atoms with van der Waals surface area (Å²) in [4.78, 5) is 12.7. The van der Waals surface area contributed by atoms with Crippen LogP contribution in [0.2, 0.25) is 5.02 Å². The van der Waals surface area contributed by atoms with Crippen molar-refractivity contribution >= 4 is 17.4 Å². The van der Waals surface area contributed by atoms with Crippen LogP contribution >= 0.6 is 11.6 Å². The van der Waals surface area contributed by atoms with Crippen molar-refractivity contribution in [3.63, 3.8) is 0 Å². The van der Waals surface area contributed by atoms with Gasteiger partial charge in [0.2, 0.25) is 0 Å². The molecule has 4 rings (SSSR count). The van der Waals surface area contributed by atoms with Crippen molar-refractivity contribution in [1.29, 1.82) is 5.26 Å². The first-order valence-corrected chi connectivity index (χ1v) is 9.71. The molecule has 1 aromatic heterocycles.